The second-order valence-electron chi connectivity index (χ2n) is 10.4. The van der Waals surface area contributed by atoms with Crippen molar-refractivity contribution in [2.24, 2.45) is 5.73 Å². The van der Waals surface area contributed by atoms with E-state index in [0.717, 1.165) is 21.6 Å². The number of rotatable bonds is 10. The summed E-state index contributed by atoms with van der Waals surface area (Å²) in [7, 11) is 0. The third-order valence-corrected chi connectivity index (χ3v) is 5.88. The molecule has 208 valence electrons. The maximum atomic E-state index is 13.9. The van der Waals surface area contributed by atoms with E-state index in [4.69, 9.17) is 10.5 Å². The second kappa shape index (κ2) is 13.4. The Labute approximate surface area is 229 Å². The van der Waals surface area contributed by atoms with Gasteiger partial charge in [-0.3, -0.25) is 14.4 Å². The standard InChI is InChI=1S/C29H37N5O5/c1-18-10-12-21(13-11-18)25(26(36)33-24-19(2)8-7-9-20(24)3)34(17-16-30)27(37)22(14-15-23(31)35)32-28(38)39-29(4,5)6/h7-13,22,25H,14-15,17H2,1-6H3,(H2,31,35)(H,32,38)(H,33,36). The Morgan fingerprint density at radius 2 is 1.62 bits per heavy atom. The maximum absolute atomic E-state index is 13.9. The van der Waals surface area contributed by atoms with Crippen LogP contribution in [-0.2, 0) is 19.1 Å². The summed E-state index contributed by atoms with van der Waals surface area (Å²) in [6.45, 7) is 10.1. The first-order valence-electron chi connectivity index (χ1n) is 12.6. The number of hydrogen-bond acceptors (Lipinski definition) is 6. The van der Waals surface area contributed by atoms with E-state index in [-0.39, 0.29) is 12.8 Å². The van der Waals surface area contributed by atoms with Gasteiger partial charge >= 0.3 is 6.09 Å². The molecule has 0 aliphatic carbocycles. The van der Waals surface area contributed by atoms with Crippen LogP contribution in [0.1, 0.15) is 61.9 Å². The lowest BCUT2D eigenvalue weighted by Gasteiger charge is -2.33. The van der Waals surface area contributed by atoms with E-state index < -0.39 is 48.0 Å². The number of alkyl carbamates (subject to hydrolysis) is 1. The Hall–Kier alpha value is -4.39. The van der Waals surface area contributed by atoms with Crippen LogP contribution in [0.15, 0.2) is 42.5 Å². The van der Waals surface area contributed by atoms with Gasteiger partial charge in [0.05, 0.1) is 6.07 Å². The van der Waals surface area contributed by atoms with Gasteiger partial charge in [-0.15, -0.1) is 0 Å². The Morgan fingerprint density at radius 3 is 2.13 bits per heavy atom. The molecule has 2 aromatic rings. The Kier molecular flexibility index (Phi) is 10.6. The fourth-order valence-corrected chi connectivity index (χ4v) is 3.99. The molecular formula is C29H37N5O5. The molecule has 2 atom stereocenters. The third kappa shape index (κ3) is 9.14. The molecule has 39 heavy (non-hydrogen) atoms. The first-order valence-corrected chi connectivity index (χ1v) is 12.6. The van der Waals surface area contributed by atoms with Crippen LogP contribution in [-0.4, -0.2) is 46.9 Å². The number of primary amides is 1. The zero-order chi connectivity index (χ0) is 29.3. The molecule has 2 rings (SSSR count). The van der Waals surface area contributed by atoms with Crippen molar-refractivity contribution >= 4 is 29.5 Å². The topological polar surface area (TPSA) is 155 Å². The number of hydrogen-bond donors (Lipinski definition) is 3. The number of anilines is 1. The molecule has 0 radical (unpaired) electrons. The molecular weight excluding hydrogens is 498 g/mol. The summed E-state index contributed by atoms with van der Waals surface area (Å²) in [5, 5.41) is 15.1. The summed E-state index contributed by atoms with van der Waals surface area (Å²) in [5.74, 6) is -1.94. The smallest absolute Gasteiger partial charge is 0.408 e. The summed E-state index contributed by atoms with van der Waals surface area (Å²) in [6, 6.07) is 12.1. The number of carbonyl (C=O) groups excluding carboxylic acids is 4. The SMILES string of the molecule is Cc1ccc(C(C(=O)Nc2c(C)cccc2C)N(CC#N)C(=O)C(CCC(N)=O)NC(=O)OC(C)(C)C)cc1. The van der Waals surface area contributed by atoms with Crippen molar-refractivity contribution in [3.05, 3.63) is 64.7 Å². The van der Waals surface area contributed by atoms with Crippen molar-refractivity contribution in [1.82, 2.24) is 10.2 Å². The summed E-state index contributed by atoms with van der Waals surface area (Å²) < 4.78 is 5.29. The number of amides is 4. The summed E-state index contributed by atoms with van der Waals surface area (Å²) in [5.41, 5.74) is 8.14. The lowest BCUT2D eigenvalue weighted by Crippen LogP contribution is -2.52. The van der Waals surface area contributed by atoms with Gasteiger partial charge in [0.1, 0.15) is 24.2 Å². The third-order valence-electron chi connectivity index (χ3n) is 5.88. The number of para-hydroxylation sites is 1. The molecule has 0 aliphatic rings. The van der Waals surface area contributed by atoms with Crippen molar-refractivity contribution in [2.45, 2.75) is 72.1 Å². The van der Waals surface area contributed by atoms with E-state index in [9.17, 15) is 24.4 Å². The number of nitrogens with zero attached hydrogens (tertiary/aromatic N) is 2. The zero-order valence-corrected chi connectivity index (χ0v) is 23.3. The highest BCUT2D eigenvalue weighted by molar-refractivity contribution is 6.00. The minimum atomic E-state index is -1.28. The van der Waals surface area contributed by atoms with Crippen LogP contribution in [0.2, 0.25) is 0 Å². The molecule has 10 heteroatoms. The number of nitriles is 1. The normalized spacial score (nSPS) is 12.4. The fraction of sp³-hybridized carbons (Fsp3) is 0.414. The predicted octanol–water partition coefficient (Wildman–Crippen LogP) is 3.80. The van der Waals surface area contributed by atoms with Crippen molar-refractivity contribution < 1.29 is 23.9 Å². The zero-order valence-electron chi connectivity index (χ0n) is 23.3. The van der Waals surface area contributed by atoms with Gasteiger partial charge in [0.15, 0.2) is 0 Å². The molecule has 0 fully saturated rings. The molecule has 0 aliphatic heterocycles. The molecule has 10 nitrogen and oxygen atoms in total. The molecule has 2 unspecified atom stereocenters. The van der Waals surface area contributed by atoms with Gasteiger partial charge in [-0.25, -0.2) is 4.79 Å². The predicted molar refractivity (Wildman–Crippen MR) is 147 cm³/mol. The van der Waals surface area contributed by atoms with Crippen LogP contribution in [0, 0.1) is 32.1 Å². The molecule has 2 aromatic carbocycles. The highest BCUT2D eigenvalue weighted by Crippen LogP contribution is 2.27. The van der Waals surface area contributed by atoms with E-state index >= 15 is 0 Å². The highest BCUT2D eigenvalue weighted by atomic mass is 16.6. The average Bonchev–Trinajstić information content (AvgIpc) is 2.83. The van der Waals surface area contributed by atoms with Crippen molar-refractivity contribution in [3.8, 4) is 6.07 Å². The second-order valence-corrected chi connectivity index (χ2v) is 10.4. The van der Waals surface area contributed by atoms with Crippen molar-refractivity contribution in [1.29, 1.82) is 5.26 Å². The molecule has 4 amide bonds. The summed E-state index contributed by atoms with van der Waals surface area (Å²) >= 11 is 0. The lowest BCUT2D eigenvalue weighted by atomic mass is 10.00. The van der Waals surface area contributed by atoms with E-state index in [1.165, 1.54) is 0 Å². The molecule has 0 spiro atoms. The van der Waals surface area contributed by atoms with Gasteiger partial charge in [0.25, 0.3) is 5.91 Å². The molecule has 0 saturated carbocycles. The number of ether oxygens (including phenoxy) is 1. The van der Waals surface area contributed by atoms with E-state index in [1.807, 2.05) is 45.0 Å². The van der Waals surface area contributed by atoms with Crippen LogP contribution < -0.4 is 16.4 Å². The van der Waals surface area contributed by atoms with Crippen molar-refractivity contribution in [2.75, 3.05) is 11.9 Å². The Balaban J connectivity index is 2.54. The van der Waals surface area contributed by atoms with Crippen LogP contribution in [0.5, 0.6) is 0 Å². The van der Waals surface area contributed by atoms with Gasteiger partial charge < -0.3 is 26.0 Å². The molecule has 0 bridgehead atoms. The molecule has 0 aromatic heterocycles. The quantitative estimate of drug-likeness (QED) is 0.393. The molecule has 0 heterocycles. The monoisotopic (exact) mass is 535 g/mol. The van der Waals surface area contributed by atoms with Gasteiger partial charge in [0.2, 0.25) is 11.8 Å². The number of nitrogens with one attached hydrogen (secondary N) is 2. The van der Waals surface area contributed by atoms with Gasteiger partial charge in [-0.2, -0.15) is 5.26 Å². The summed E-state index contributed by atoms with van der Waals surface area (Å²) in [6.07, 6.45) is -1.24. The van der Waals surface area contributed by atoms with Crippen LogP contribution in [0.3, 0.4) is 0 Å². The van der Waals surface area contributed by atoms with Crippen molar-refractivity contribution in [3.63, 3.8) is 0 Å². The molecule has 0 saturated heterocycles. The first kappa shape index (κ1) is 30.8. The van der Waals surface area contributed by atoms with Crippen LogP contribution >= 0.6 is 0 Å². The number of aryl methyl sites for hydroxylation is 3. The van der Waals surface area contributed by atoms with E-state index in [1.54, 1.807) is 45.0 Å². The average molecular weight is 536 g/mol. The van der Waals surface area contributed by atoms with Gasteiger partial charge in [-0.1, -0.05) is 48.0 Å². The summed E-state index contributed by atoms with van der Waals surface area (Å²) in [4.78, 5) is 52.9. The van der Waals surface area contributed by atoms with E-state index in [2.05, 4.69) is 10.6 Å². The Bertz CT molecular complexity index is 1220. The number of carbonyl (C=O) groups is 4. The van der Waals surface area contributed by atoms with Gasteiger partial charge in [0, 0.05) is 12.1 Å². The van der Waals surface area contributed by atoms with Crippen LogP contribution in [0.4, 0.5) is 10.5 Å². The molecule has 4 N–H and O–H groups in total. The van der Waals surface area contributed by atoms with Gasteiger partial charge in [-0.05, 0) is 64.7 Å². The first-order chi connectivity index (χ1) is 18.2. The van der Waals surface area contributed by atoms with E-state index in [0.29, 0.717) is 11.3 Å². The number of nitrogens with two attached hydrogens (primary N) is 1. The largest absolute Gasteiger partial charge is 0.444 e. The lowest BCUT2D eigenvalue weighted by molar-refractivity contribution is -0.140. The fourth-order valence-electron chi connectivity index (χ4n) is 3.99. The Morgan fingerprint density at radius 1 is 1.03 bits per heavy atom. The minimum Gasteiger partial charge on any atom is -0.444 e. The number of benzene rings is 2. The minimum absolute atomic E-state index is 0.144. The highest BCUT2D eigenvalue weighted by Gasteiger charge is 2.36. The van der Waals surface area contributed by atoms with Crippen LogP contribution in [0.25, 0.3) is 0 Å². The maximum Gasteiger partial charge on any atom is 0.408 e.